The predicted octanol–water partition coefficient (Wildman–Crippen LogP) is 5.14. The van der Waals surface area contributed by atoms with Gasteiger partial charge < -0.3 is 4.57 Å². The lowest BCUT2D eigenvalue weighted by Gasteiger charge is -2.08. The lowest BCUT2D eigenvalue weighted by atomic mass is 10.2. The molecule has 0 amide bonds. The van der Waals surface area contributed by atoms with Crippen molar-refractivity contribution in [1.29, 1.82) is 0 Å². The molecule has 0 radical (unpaired) electrons. The van der Waals surface area contributed by atoms with E-state index in [0.29, 0.717) is 16.6 Å². The van der Waals surface area contributed by atoms with Crippen LogP contribution in [-0.4, -0.2) is 4.57 Å². The third kappa shape index (κ3) is 2.34. The maximum atomic E-state index is 13.1. The molecule has 0 atom stereocenters. The van der Waals surface area contributed by atoms with Gasteiger partial charge in [0.2, 0.25) is 0 Å². The molecule has 0 bridgehead atoms. The van der Waals surface area contributed by atoms with Crippen molar-refractivity contribution in [3.05, 3.63) is 70.1 Å². The highest BCUT2D eigenvalue weighted by molar-refractivity contribution is 6.42. The fourth-order valence-electron chi connectivity index (χ4n) is 2.16. The van der Waals surface area contributed by atoms with E-state index in [1.54, 1.807) is 12.1 Å². The van der Waals surface area contributed by atoms with E-state index in [0.717, 1.165) is 16.5 Å². The van der Waals surface area contributed by atoms with Crippen LogP contribution < -0.4 is 0 Å². The topological polar surface area (TPSA) is 4.93 Å². The molecule has 2 aromatic carbocycles. The normalized spacial score (nSPS) is 11.1. The van der Waals surface area contributed by atoms with E-state index in [1.165, 1.54) is 12.1 Å². The Bertz CT molecular complexity index is 749. The molecule has 0 saturated carbocycles. The second kappa shape index (κ2) is 4.87. The van der Waals surface area contributed by atoms with Crippen LogP contribution in [0.3, 0.4) is 0 Å². The molecule has 0 aliphatic carbocycles. The zero-order valence-electron chi connectivity index (χ0n) is 9.91. The Morgan fingerprint density at radius 1 is 1.05 bits per heavy atom. The molecule has 0 saturated heterocycles. The van der Waals surface area contributed by atoms with Gasteiger partial charge in [-0.15, -0.1) is 0 Å². The lowest BCUT2D eigenvalue weighted by Crippen LogP contribution is -1.98. The van der Waals surface area contributed by atoms with Crippen LogP contribution in [0.2, 0.25) is 10.0 Å². The van der Waals surface area contributed by atoms with Gasteiger partial charge in [0.15, 0.2) is 0 Å². The first-order valence-corrected chi connectivity index (χ1v) is 6.58. The minimum Gasteiger partial charge on any atom is -0.343 e. The number of rotatable bonds is 2. The largest absolute Gasteiger partial charge is 0.343 e. The number of nitrogens with zero attached hydrogens (tertiary/aromatic N) is 1. The second-order valence-corrected chi connectivity index (χ2v) is 5.14. The Morgan fingerprint density at radius 3 is 2.74 bits per heavy atom. The van der Waals surface area contributed by atoms with Gasteiger partial charge in [0.1, 0.15) is 5.82 Å². The predicted molar refractivity (Wildman–Crippen MR) is 77.5 cm³/mol. The van der Waals surface area contributed by atoms with Crippen LogP contribution in [-0.2, 0) is 6.54 Å². The fraction of sp³-hybridized carbons (Fsp3) is 0.0667. The third-order valence-electron chi connectivity index (χ3n) is 3.11. The zero-order chi connectivity index (χ0) is 13.4. The highest BCUT2D eigenvalue weighted by Crippen LogP contribution is 2.27. The van der Waals surface area contributed by atoms with Gasteiger partial charge in [-0.25, -0.2) is 4.39 Å². The molecule has 1 heterocycles. The van der Waals surface area contributed by atoms with Crippen molar-refractivity contribution in [3.8, 4) is 0 Å². The van der Waals surface area contributed by atoms with Crippen molar-refractivity contribution >= 4 is 34.1 Å². The summed E-state index contributed by atoms with van der Waals surface area (Å²) in [5, 5.41) is 1.98. The van der Waals surface area contributed by atoms with Crippen LogP contribution in [0.5, 0.6) is 0 Å². The van der Waals surface area contributed by atoms with Gasteiger partial charge >= 0.3 is 0 Å². The monoisotopic (exact) mass is 293 g/mol. The van der Waals surface area contributed by atoms with Crippen LogP contribution in [0.15, 0.2) is 48.7 Å². The van der Waals surface area contributed by atoms with Gasteiger partial charge in [0.25, 0.3) is 0 Å². The van der Waals surface area contributed by atoms with E-state index in [4.69, 9.17) is 23.2 Å². The van der Waals surface area contributed by atoms with Gasteiger partial charge in [-0.1, -0.05) is 35.3 Å². The first-order chi connectivity index (χ1) is 9.15. The highest BCUT2D eigenvalue weighted by Gasteiger charge is 2.07. The van der Waals surface area contributed by atoms with Gasteiger partial charge in [-0.05, 0) is 35.9 Å². The molecule has 3 aromatic rings. The van der Waals surface area contributed by atoms with Crippen LogP contribution in [0.25, 0.3) is 10.9 Å². The average Bonchev–Trinajstić information content (AvgIpc) is 2.77. The van der Waals surface area contributed by atoms with Crippen molar-refractivity contribution in [3.63, 3.8) is 0 Å². The quantitative estimate of drug-likeness (QED) is 0.617. The number of fused-ring (bicyclic) bond motifs is 1. The fourth-order valence-corrected chi connectivity index (χ4v) is 2.54. The molecule has 4 heteroatoms. The lowest BCUT2D eigenvalue weighted by molar-refractivity contribution is 0.629. The Hall–Kier alpha value is -1.51. The Labute approximate surface area is 120 Å². The third-order valence-corrected chi connectivity index (χ3v) is 3.96. The van der Waals surface area contributed by atoms with E-state index in [1.807, 2.05) is 29.0 Å². The Kier molecular flexibility index (Phi) is 3.21. The van der Waals surface area contributed by atoms with Crippen LogP contribution in [0, 0.1) is 5.82 Å². The second-order valence-electron chi connectivity index (χ2n) is 4.36. The molecule has 96 valence electrons. The maximum absolute atomic E-state index is 13.1. The van der Waals surface area contributed by atoms with Gasteiger partial charge in [-0.2, -0.15) is 0 Å². The van der Waals surface area contributed by atoms with E-state index < -0.39 is 0 Å². The summed E-state index contributed by atoms with van der Waals surface area (Å²) in [7, 11) is 0. The van der Waals surface area contributed by atoms with Crippen molar-refractivity contribution in [2.45, 2.75) is 6.54 Å². The smallest absolute Gasteiger partial charge is 0.123 e. The number of hydrogen-bond acceptors (Lipinski definition) is 0. The zero-order valence-corrected chi connectivity index (χ0v) is 11.4. The van der Waals surface area contributed by atoms with Gasteiger partial charge in [0.05, 0.1) is 10.0 Å². The molecular weight excluding hydrogens is 284 g/mol. The van der Waals surface area contributed by atoms with Gasteiger partial charge in [-0.3, -0.25) is 0 Å². The molecule has 3 rings (SSSR count). The number of benzene rings is 2. The molecule has 0 unspecified atom stereocenters. The van der Waals surface area contributed by atoms with E-state index in [-0.39, 0.29) is 5.82 Å². The number of hydrogen-bond donors (Lipinski definition) is 0. The van der Waals surface area contributed by atoms with Crippen LogP contribution >= 0.6 is 23.2 Å². The molecule has 0 fully saturated rings. The Balaban J connectivity index is 2.04. The molecule has 0 spiro atoms. The summed E-state index contributed by atoms with van der Waals surface area (Å²) < 4.78 is 15.2. The summed E-state index contributed by atoms with van der Waals surface area (Å²) in [6.07, 6.45) is 1.92. The highest BCUT2D eigenvalue weighted by atomic mass is 35.5. The molecule has 19 heavy (non-hydrogen) atoms. The van der Waals surface area contributed by atoms with E-state index in [2.05, 4.69) is 0 Å². The molecule has 1 nitrogen and oxygen atoms in total. The summed E-state index contributed by atoms with van der Waals surface area (Å²) in [6, 6.07) is 12.2. The SMILES string of the molecule is Fc1ccc2c(ccn2Cc2cccc(Cl)c2Cl)c1. The summed E-state index contributed by atoms with van der Waals surface area (Å²) in [6.45, 7) is 0.606. The van der Waals surface area contributed by atoms with Crippen molar-refractivity contribution in [1.82, 2.24) is 4.57 Å². The van der Waals surface area contributed by atoms with Crippen molar-refractivity contribution in [2.75, 3.05) is 0 Å². The Morgan fingerprint density at radius 2 is 1.89 bits per heavy atom. The summed E-state index contributed by atoms with van der Waals surface area (Å²) in [5.41, 5.74) is 1.91. The van der Waals surface area contributed by atoms with Crippen LogP contribution in [0.1, 0.15) is 5.56 Å². The first kappa shape index (κ1) is 12.5. The van der Waals surface area contributed by atoms with Gasteiger partial charge in [0, 0.05) is 23.6 Å². The van der Waals surface area contributed by atoms with Crippen molar-refractivity contribution < 1.29 is 4.39 Å². The number of halogens is 3. The summed E-state index contributed by atoms with van der Waals surface area (Å²) in [5.74, 6) is -0.231. The maximum Gasteiger partial charge on any atom is 0.123 e. The minimum atomic E-state index is -0.231. The standard InChI is InChI=1S/C15H10Cl2FN/c16-13-3-1-2-11(15(13)17)9-19-7-6-10-8-12(18)4-5-14(10)19/h1-8H,9H2. The summed E-state index contributed by atoms with van der Waals surface area (Å²) in [4.78, 5) is 0. The van der Waals surface area contributed by atoms with Crippen LogP contribution in [0.4, 0.5) is 4.39 Å². The molecular formula is C15H10Cl2FN. The summed E-state index contributed by atoms with van der Waals surface area (Å²) >= 11 is 12.2. The van der Waals surface area contributed by atoms with Crippen molar-refractivity contribution in [2.24, 2.45) is 0 Å². The average molecular weight is 294 g/mol. The first-order valence-electron chi connectivity index (χ1n) is 5.82. The molecule has 0 N–H and O–H groups in total. The molecule has 1 aromatic heterocycles. The van der Waals surface area contributed by atoms with E-state index >= 15 is 0 Å². The number of aromatic nitrogens is 1. The molecule has 0 aliphatic rings. The van der Waals surface area contributed by atoms with E-state index in [9.17, 15) is 4.39 Å². The molecule has 0 aliphatic heterocycles. The minimum absolute atomic E-state index is 0.231.